The highest BCUT2D eigenvalue weighted by molar-refractivity contribution is 9.46. The topological polar surface area (TPSA) is 54.4 Å². The summed E-state index contributed by atoms with van der Waals surface area (Å²) in [5.74, 6) is 0. The molecule has 0 aliphatic carbocycles. The van der Waals surface area contributed by atoms with Crippen LogP contribution in [0.5, 0.6) is 0 Å². The molecule has 0 heterocycles. The Labute approximate surface area is 49.1 Å². The molecule has 0 saturated heterocycles. The average Bonchev–Trinajstić information content (AvgIpc) is 0.722. The highest BCUT2D eigenvalue weighted by Gasteiger charge is 1.85. The maximum Gasteiger partial charge on any atom is 0.326 e. The van der Waals surface area contributed by atoms with Gasteiger partial charge in [-0.1, -0.05) is 0 Å². The zero-order valence-electron chi connectivity index (χ0n) is 2.46. The van der Waals surface area contributed by atoms with Crippen molar-refractivity contribution in [1.29, 1.82) is 0 Å². The summed E-state index contributed by atoms with van der Waals surface area (Å²) in [7, 11) is -3.85. The second-order valence-corrected chi connectivity index (χ2v) is 3.69. The monoisotopic (exact) mass is 196 g/mol. The van der Waals surface area contributed by atoms with Crippen LogP contribution in [-0.4, -0.2) is 13.0 Å². The lowest BCUT2D eigenvalue weighted by molar-refractivity contribution is 0.504. The molecule has 0 radical (unpaired) electrons. The van der Waals surface area contributed by atoms with E-state index in [4.69, 9.17) is 13.0 Å². The number of halogens is 2. The molecule has 0 amide bonds. The summed E-state index contributed by atoms with van der Waals surface area (Å²) in [6.07, 6.45) is 0. The van der Waals surface area contributed by atoms with Gasteiger partial charge in [0.05, 0.1) is 14.8 Å². The minimum atomic E-state index is -3.85. The zero-order valence-corrected chi connectivity index (χ0v) is 5.68. The van der Waals surface area contributed by atoms with Gasteiger partial charge in [-0.3, -0.25) is 4.55 Å². The second-order valence-electron chi connectivity index (χ2n) is 0.412. The minimum Gasteiger partial charge on any atom is -0.277 e. The standard InChI is InChI=1S/BrHO3S.ClH/c1-5(2,3)4;/h(H,2,3,4);1H. The Hall–Kier alpha value is 0.680. The van der Waals surface area contributed by atoms with Crippen LogP contribution < -0.4 is 0 Å². The molecule has 3 nitrogen and oxygen atoms in total. The van der Waals surface area contributed by atoms with Gasteiger partial charge < -0.3 is 0 Å². The fraction of sp³-hybridized carbons (Fsp3) is 0. The van der Waals surface area contributed by atoms with Crippen LogP contribution in [0.3, 0.4) is 0 Å². The molecular formula is H2BrClO3S. The average molecular weight is 197 g/mol. The van der Waals surface area contributed by atoms with Crippen molar-refractivity contribution in [1.82, 2.24) is 0 Å². The van der Waals surface area contributed by atoms with E-state index >= 15 is 0 Å². The van der Waals surface area contributed by atoms with E-state index in [1.807, 2.05) is 14.8 Å². The van der Waals surface area contributed by atoms with Gasteiger partial charge in [-0.05, 0) is 0 Å². The molecule has 0 aliphatic heterocycles. The Morgan fingerprint density at radius 3 is 1.50 bits per heavy atom. The van der Waals surface area contributed by atoms with Crippen LogP contribution in [0, 0.1) is 0 Å². The van der Waals surface area contributed by atoms with Gasteiger partial charge in [0.15, 0.2) is 0 Å². The highest BCUT2D eigenvalue weighted by Crippen LogP contribution is 1.88. The van der Waals surface area contributed by atoms with E-state index in [9.17, 15) is 0 Å². The molecule has 0 spiro atoms. The largest absolute Gasteiger partial charge is 0.326 e. The van der Waals surface area contributed by atoms with Crippen LogP contribution >= 0.6 is 27.2 Å². The van der Waals surface area contributed by atoms with E-state index < -0.39 is 8.55 Å². The van der Waals surface area contributed by atoms with Crippen molar-refractivity contribution in [2.75, 3.05) is 0 Å². The van der Waals surface area contributed by atoms with Gasteiger partial charge in [0.2, 0.25) is 0 Å². The van der Waals surface area contributed by atoms with E-state index in [1.54, 1.807) is 0 Å². The Bertz CT molecular complexity index is 94.0. The maximum atomic E-state index is 9.10. The first-order valence-corrected chi connectivity index (χ1v) is 3.95. The summed E-state index contributed by atoms with van der Waals surface area (Å²) in [4.78, 5) is 0. The van der Waals surface area contributed by atoms with Gasteiger partial charge >= 0.3 is 8.55 Å². The SMILES string of the molecule is Cl.O=S(=O)(O)Br. The molecule has 0 bridgehead atoms. The van der Waals surface area contributed by atoms with Gasteiger partial charge in [0.25, 0.3) is 0 Å². The van der Waals surface area contributed by atoms with Crippen molar-refractivity contribution in [3.63, 3.8) is 0 Å². The van der Waals surface area contributed by atoms with Crippen molar-refractivity contribution in [3.05, 3.63) is 0 Å². The highest BCUT2D eigenvalue weighted by atomic mass is 79.9. The van der Waals surface area contributed by atoms with Gasteiger partial charge in [0.1, 0.15) is 0 Å². The fourth-order valence-corrected chi connectivity index (χ4v) is 0. The van der Waals surface area contributed by atoms with Crippen molar-refractivity contribution in [2.45, 2.75) is 0 Å². The second kappa shape index (κ2) is 2.79. The van der Waals surface area contributed by atoms with Gasteiger partial charge in [-0.25, -0.2) is 0 Å². The van der Waals surface area contributed by atoms with E-state index in [1.165, 1.54) is 0 Å². The quantitative estimate of drug-likeness (QED) is 0.457. The van der Waals surface area contributed by atoms with Gasteiger partial charge in [-0.15, -0.1) is 12.4 Å². The first kappa shape index (κ1) is 9.84. The van der Waals surface area contributed by atoms with Crippen LogP contribution in [0.1, 0.15) is 0 Å². The van der Waals surface area contributed by atoms with E-state index in [-0.39, 0.29) is 12.4 Å². The van der Waals surface area contributed by atoms with Crippen LogP contribution in [0.4, 0.5) is 0 Å². The maximum absolute atomic E-state index is 9.10. The summed E-state index contributed by atoms with van der Waals surface area (Å²) in [6.45, 7) is 0. The summed E-state index contributed by atoms with van der Waals surface area (Å²) in [6, 6.07) is 0. The first-order valence-electron chi connectivity index (χ1n) is 0.670. The first-order chi connectivity index (χ1) is 2.00. The summed E-state index contributed by atoms with van der Waals surface area (Å²) >= 11 is 1.90. The third-order valence-electron chi connectivity index (χ3n) is 0. The van der Waals surface area contributed by atoms with Crippen molar-refractivity contribution in [3.8, 4) is 0 Å². The lowest BCUT2D eigenvalue weighted by Crippen LogP contribution is -1.76. The molecule has 0 unspecified atom stereocenters. The molecule has 0 aliphatic rings. The Morgan fingerprint density at radius 1 is 1.50 bits per heavy atom. The predicted molar refractivity (Wildman–Crippen MR) is 27.7 cm³/mol. The molecule has 0 rings (SSSR count). The van der Waals surface area contributed by atoms with E-state index in [0.717, 1.165) is 0 Å². The normalized spacial score (nSPS) is 9.67. The van der Waals surface area contributed by atoms with Gasteiger partial charge in [0, 0.05) is 0 Å². The summed E-state index contributed by atoms with van der Waals surface area (Å²) < 4.78 is 25.6. The summed E-state index contributed by atoms with van der Waals surface area (Å²) in [5.41, 5.74) is 0. The molecule has 0 atom stereocenters. The molecule has 0 fully saturated rings. The molecule has 0 aromatic rings. The number of rotatable bonds is 0. The molecule has 6 heavy (non-hydrogen) atoms. The molecule has 0 aromatic heterocycles. The van der Waals surface area contributed by atoms with E-state index in [2.05, 4.69) is 0 Å². The number of hydrogen-bond acceptors (Lipinski definition) is 2. The van der Waals surface area contributed by atoms with Crippen molar-refractivity contribution < 1.29 is 13.0 Å². The van der Waals surface area contributed by atoms with Crippen molar-refractivity contribution in [2.24, 2.45) is 0 Å². The summed E-state index contributed by atoms with van der Waals surface area (Å²) in [5, 5.41) is 0. The van der Waals surface area contributed by atoms with Crippen LogP contribution in [-0.2, 0) is 8.55 Å². The van der Waals surface area contributed by atoms with Gasteiger partial charge in [-0.2, -0.15) is 8.42 Å². The lowest BCUT2D eigenvalue weighted by Gasteiger charge is -1.65. The molecule has 6 heteroatoms. The third-order valence-corrected chi connectivity index (χ3v) is 0. The Morgan fingerprint density at radius 2 is 1.50 bits per heavy atom. The van der Waals surface area contributed by atoms with Crippen LogP contribution in [0.25, 0.3) is 0 Å². The zero-order chi connectivity index (χ0) is 4.50. The lowest BCUT2D eigenvalue weighted by atomic mass is 15.9. The predicted octanol–water partition coefficient (Wildman–Crippen LogP) is 0.606. The fourth-order valence-electron chi connectivity index (χ4n) is 0. The smallest absolute Gasteiger partial charge is 0.277 e. The Kier molecular flexibility index (Phi) is 4.57. The molecule has 40 valence electrons. The van der Waals surface area contributed by atoms with E-state index in [0.29, 0.717) is 0 Å². The Balaban J connectivity index is 0. The molecule has 1 N–H and O–H groups in total. The molecule has 0 saturated carbocycles. The van der Waals surface area contributed by atoms with Crippen molar-refractivity contribution >= 4 is 35.8 Å². The van der Waals surface area contributed by atoms with Crippen LogP contribution in [0.2, 0.25) is 0 Å². The van der Waals surface area contributed by atoms with Crippen LogP contribution in [0.15, 0.2) is 0 Å². The molecule has 0 aromatic carbocycles. The molecular weight excluding hydrogens is 195 g/mol. The third kappa shape index (κ3) is 137. The number of hydrogen-bond donors (Lipinski definition) is 1. The minimum absolute atomic E-state index is 0.